The van der Waals surface area contributed by atoms with Gasteiger partial charge in [-0.15, -0.1) is 0 Å². The summed E-state index contributed by atoms with van der Waals surface area (Å²) in [4.78, 5) is 0. The van der Waals surface area contributed by atoms with Gasteiger partial charge in [-0.2, -0.15) is 18.3 Å². The molecule has 7 heteroatoms. The topological polar surface area (TPSA) is 27.1 Å². The van der Waals surface area contributed by atoms with E-state index in [9.17, 15) is 13.2 Å². The molecule has 3 aromatic rings. The van der Waals surface area contributed by atoms with Crippen LogP contribution in [-0.2, 0) is 12.8 Å². The van der Waals surface area contributed by atoms with E-state index in [1.807, 2.05) is 24.3 Å². The number of hydrogen-bond acceptors (Lipinski definition) is 2. The summed E-state index contributed by atoms with van der Waals surface area (Å²) in [5.74, 6) is 1.15. The van der Waals surface area contributed by atoms with E-state index < -0.39 is 11.9 Å². The van der Waals surface area contributed by atoms with Gasteiger partial charge >= 0.3 is 6.18 Å². The molecular formula is C26H24ClF3N2O. The molecular weight excluding hydrogens is 449 g/mol. The molecule has 1 aromatic heterocycles. The number of rotatable bonds is 6. The lowest BCUT2D eigenvalue weighted by Gasteiger charge is -2.15. The van der Waals surface area contributed by atoms with E-state index in [2.05, 4.69) is 30.3 Å². The molecule has 1 heterocycles. The number of para-hydroxylation sites is 1. The van der Waals surface area contributed by atoms with Crippen LogP contribution in [0.3, 0.4) is 0 Å². The fourth-order valence-corrected chi connectivity index (χ4v) is 4.13. The minimum absolute atomic E-state index is 0.0894. The summed E-state index contributed by atoms with van der Waals surface area (Å²) >= 11 is 6.29. The van der Waals surface area contributed by atoms with Crippen LogP contribution in [0, 0.1) is 12.8 Å². The molecule has 0 amide bonds. The highest BCUT2D eigenvalue weighted by atomic mass is 35.5. The lowest BCUT2D eigenvalue weighted by atomic mass is 9.91. The quantitative estimate of drug-likeness (QED) is 0.366. The average molecular weight is 473 g/mol. The highest BCUT2D eigenvalue weighted by molar-refractivity contribution is 6.32. The Balaban J connectivity index is 1.55. The van der Waals surface area contributed by atoms with Crippen molar-refractivity contribution >= 4 is 17.2 Å². The summed E-state index contributed by atoms with van der Waals surface area (Å²) < 4.78 is 47.2. The van der Waals surface area contributed by atoms with Crippen molar-refractivity contribution in [2.24, 2.45) is 5.92 Å². The largest absolute Gasteiger partial charge is 0.487 e. The summed E-state index contributed by atoms with van der Waals surface area (Å²) in [6, 6.07) is 13.7. The lowest BCUT2D eigenvalue weighted by Crippen LogP contribution is -2.10. The average Bonchev–Trinajstić information content (AvgIpc) is 3.22. The standard InChI is InChI=1S/C26H24ClF3N2O/c1-3-18-7-9-19(10-8-18)20-11-13-22(14-12-20)33-16-21-15-24(26(28,29)30)31-32(21)25-17(2)5-4-6-23(25)27/h4-7,9-15,18H,3,8,16H2,1-2H3. The monoisotopic (exact) mass is 472 g/mol. The Kier molecular flexibility index (Phi) is 6.66. The van der Waals surface area contributed by atoms with E-state index in [1.165, 1.54) is 4.68 Å². The van der Waals surface area contributed by atoms with Crippen LogP contribution < -0.4 is 4.74 Å². The number of nitrogens with zero attached hydrogens (tertiary/aromatic N) is 2. The van der Waals surface area contributed by atoms with Crippen molar-refractivity contribution in [1.29, 1.82) is 0 Å². The van der Waals surface area contributed by atoms with E-state index >= 15 is 0 Å². The van der Waals surface area contributed by atoms with Crippen molar-refractivity contribution in [1.82, 2.24) is 9.78 Å². The first-order valence-electron chi connectivity index (χ1n) is 10.8. The minimum atomic E-state index is -4.57. The number of aromatic nitrogens is 2. The smallest absolute Gasteiger partial charge is 0.435 e. The second-order valence-electron chi connectivity index (χ2n) is 8.07. The number of hydrogen-bond donors (Lipinski definition) is 0. The maximum Gasteiger partial charge on any atom is 0.435 e. The SMILES string of the molecule is CCC1C=CC(c2ccc(OCc3cc(C(F)(F)F)nn3-c3c(C)cccc3Cl)cc2)=CC1. The second-order valence-corrected chi connectivity index (χ2v) is 8.48. The number of alkyl halides is 3. The number of benzene rings is 2. The second kappa shape index (κ2) is 9.48. The molecule has 0 saturated carbocycles. The van der Waals surface area contributed by atoms with Crippen molar-refractivity contribution in [3.8, 4) is 11.4 Å². The molecule has 1 aliphatic carbocycles. The molecule has 172 valence electrons. The zero-order valence-electron chi connectivity index (χ0n) is 18.4. The van der Waals surface area contributed by atoms with Gasteiger partial charge < -0.3 is 4.74 Å². The van der Waals surface area contributed by atoms with E-state index in [-0.39, 0.29) is 12.3 Å². The van der Waals surface area contributed by atoms with Crippen molar-refractivity contribution < 1.29 is 17.9 Å². The molecule has 0 bridgehead atoms. The molecule has 0 N–H and O–H groups in total. The molecule has 0 saturated heterocycles. The van der Waals surface area contributed by atoms with Gasteiger partial charge in [0.15, 0.2) is 5.69 Å². The third-order valence-electron chi connectivity index (χ3n) is 5.76. The summed E-state index contributed by atoms with van der Waals surface area (Å²) in [5.41, 5.74) is 2.62. The molecule has 0 spiro atoms. The van der Waals surface area contributed by atoms with Crippen molar-refractivity contribution in [3.63, 3.8) is 0 Å². The molecule has 0 aliphatic heterocycles. The van der Waals surface area contributed by atoms with E-state index in [0.29, 0.717) is 27.9 Å². The van der Waals surface area contributed by atoms with Crippen LogP contribution in [0.25, 0.3) is 11.3 Å². The van der Waals surface area contributed by atoms with Gasteiger partial charge in [0.2, 0.25) is 0 Å². The predicted molar refractivity (Wildman–Crippen MR) is 125 cm³/mol. The summed E-state index contributed by atoms with van der Waals surface area (Å²) in [6.45, 7) is 3.86. The van der Waals surface area contributed by atoms with Gasteiger partial charge in [0.1, 0.15) is 12.4 Å². The molecule has 1 atom stereocenters. The molecule has 4 rings (SSSR count). The van der Waals surface area contributed by atoms with Crippen LogP contribution in [0.4, 0.5) is 13.2 Å². The van der Waals surface area contributed by atoms with Gasteiger partial charge in [-0.3, -0.25) is 0 Å². The van der Waals surface area contributed by atoms with Gasteiger partial charge in [0.05, 0.1) is 16.4 Å². The zero-order chi connectivity index (χ0) is 23.6. The Labute approximate surface area is 196 Å². The number of allylic oxidation sites excluding steroid dienone is 4. The molecule has 2 aromatic carbocycles. The van der Waals surface area contributed by atoms with Crippen molar-refractivity contribution in [2.45, 2.75) is 39.5 Å². The Morgan fingerprint density at radius 3 is 2.52 bits per heavy atom. The molecule has 1 unspecified atom stereocenters. The van der Waals surface area contributed by atoms with E-state index in [4.69, 9.17) is 16.3 Å². The van der Waals surface area contributed by atoms with Crippen LogP contribution in [0.2, 0.25) is 5.02 Å². The van der Waals surface area contributed by atoms with Gasteiger partial charge in [0, 0.05) is 0 Å². The van der Waals surface area contributed by atoms with Gasteiger partial charge in [-0.1, -0.05) is 61.0 Å². The van der Waals surface area contributed by atoms with Crippen LogP contribution in [-0.4, -0.2) is 9.78 Å². The third-order valence-corrected chi connectivity index (χ3v) is 6.07. The summed E-state index contributed by atoms with van der Waals surface area (Å²) in [7, 11) is 0. The van der Waals surface area contributed by atoms with E-state index in [1.54, 1.807) is 25.1 Å². The van der Waals surface area contributed by atoms with Crippen molar-refractivity contribution in [3.05, 3.63) is 94.3 Å². The first kappa shape index (κ1) is 23.2. The first-order chi connectivity index (χ1) is 15.8. The van der Waals surface area contributed by atoms with Crippen LogP contribution in [0.1, 0.15) is 42.3 Å². The summed E-state index contributed by atoms with van der Waals surface area (Å²) in [6.07, 6.45) is 4.16. The molecule has 33 heavy (non-hydrogen) atoms. The molecule has 0 radical (unpaired) electrons. The third kappa shape index (κ3) is 5.17. The molecule has 0 fully saturated rings. The van der Waals surface area contributed by atoms with Crippen molar-refractivity contribution in [2.75, 3.05) is 0 Å². The fourth-order valence-electron chi connectivity index (χ4n) is 3.83. The first-order valence-corrected chi connectivity index (χ1v) is 11.2. The van der Waals surface area contributed by atoms with Gasteiger partial charge in [0.25, 0.3) is 0 Å². The minimum Gasteiger partial charge on any atom is -0.487 e. The Morgan fingerprint density at radius 1 is 1.15 bits per heavy atom. The Morgan fingerprint density at radius 2 is 1.91 bits per heavy atom. The van der Waals surface area contributed by atoms with Crippen LogP contribution >= 0.6 is 11.6 Å². The lowest BCUT2D eigenvalue weighted by molar-refractivity contribution is -0.141. The highest BCUT2D eigenvalue weighted by Gasteiger charge is 2.35. The number of halogens is 4. The Hall–Kier alpha value is -2.99. The highest BCUT2D eigenvalue weighted by Crippen LogP contribution is 2.33. The maximum atomic E-state index is 13.4. The predicted octanol–water partition coefficient (Wildman–Crippen LogP) is 7.80. The zero-order valence-corrected chi connectivity index (χ0v) is 19.1. The van der Waals surface area contributed by atoms with E-state index in [0.717, 1.165) is 30.0 Å². The normalized spacial score (nSPS) is 16.1. The van der Waals surface area contributed by atoms with Crippen LogP contribution in [0.5, 0.6) is 5.75 Å². The number of ether oxygens (including phenoxy) is 1. The summed E-state index contributed by atoms with van der Waals surface area (Å²) in [5, 5.41) is 4.10. The molecule has 3 nitrogen and oxygen atoms in total. The molecule has 1 aliphatic rings. The fraction of sp³-hybridized carbons (Fsp3) is 0.269. The Bertz CT molecular complexity index is 1170. The van der Waals surface area contributed by atoms with Crippen LogP contribution in [0.15, 0.2) is 66.8 Å². The number of aryl methyl sites for hydroxylation is 1. The van der Waals surface area contributed by atoms with Gasteiger partial charge in [-0.05, 0) is 66.6 Å². The van der Waals surface area contributed by atoms with Gasteiger partial charge in [-0.25, -0.2) is 4.68 Å². The maximum absolute atomic E-state index is 13.4.